The highest BCUT2D eigenvalue weighted by Gasteiger charge is 2.21. The number of aromatic nitrogens is 1. The molecule has 0 aliphatic carbocycles. The Hall–Kier alpha value is -0.650. The monoisotopic (exact) mass is 296 g/mol. The number of piperazine rings is 1. The third kappa shape index (κ3) is 3.93. The van der Waals surface area contributed by atoms with Crippen molar-refractivity contribution in [3.8, 4) is 0 Å². The molecule has 4 nitrogen and oxygen atoms in total. The van der Waals surface area contributed by atoms with Gasteiger partial charge >= 0.3 is 0 Å². The van der Waals surface area contributed by atoms with Crippen molar-refractivity contribution in [3.63, 3.8) is 0 Å². The average molecular weight is 296 g/mol. The van der Waals surface area contributed by atoms with Gasteiger partial charge in [-0.05, 0) is 12.3 Å². The topological polar surface area (TPSA) is 45.4 Å². The second-order valence-electron chi connectivity index (χ2n) is 6.00. The molecule has 114 valence electrons. The molecule has 0 unspecified atom stereocenters. The molecule has 1 aromatic heterocycles. The van der Waals surface area contributed by atoms with Crippen molar-refractivity contribution in [1.82, 2.24) is 9.88 Å². The van der Waals surface area contributed by atoms with Crippen LogP contribution >= 0.6 is 11.3 Å². The first kappa shape index (κ1) is 15.7. The zero-order chi connectivity index (χ0) is 14.5. The lowest BCUT2D eigenvalue weighted by molar-refractivity contribution is 0.231. The molecule has 1 saturated heterocycles. The predicted molar refractivity (Wildman–Crippen MR) is 87.5 cm³/mol. The normalized spacial score (nSPS) is 17.1. The smallest absolute Gasteiger partial charge is 0.185 e. The van der Waals surface area contributed by atoms with Gasteiger partial charge in [0, 0.05) is 44.1 Å². The fourth-order valence-corrected chi connectivity index (χ4v) is 3.77. The van der Waals surface area contributed by atoms with Crippen molar-refractivity contribution in [2.75, 3.05) is 37.6 Å². The number of nitrogens with two attached hydrogens (primary N) is 1. The van der Waals surface area contributed by atoms with Crippen LogP contribution in [0.3, 0.4) is 0 Å². The summed E-state index contributed by atoms with van der Waals surface area (Å²) in [5.41, 5.74) is 7.07. The summed E-state index contributed by atoms with van der Waals surface area (Å²) in [6, 6.07) is 0. The molecule has 20 heavy (non-hydrogen) atoms. The van der Waals surface area contributed by atoms with E-state index in [9.17, 15) is 0 Å². The van der Waals surface area contributed by atoms with Gasteiger partial charge in [0.15, 0.2) is 5.13 Å². The lowest BCUT2D eigenvalue weighted by Crippen LogP contribution is -2.47. The van der Waals surface area contributed by atoms with E-state index in [0.29, 0.717) is 6.54 Å². The van der Waals surface area contributed by atoms with Crippen LogP contribution < -0.4 is 10.6 Å². The molecule has 2 rings (SSSR count). The third-order valence-electron chi connectivity index (χ3n) is 3.71. The molecule has 1 aromatic rings. The van der Waals surface area contributed by atoms with E-state index < -0.39 is 0 Å². The van der Waals surface area contributed by atoms with E-state index >= 15 is 0 Å². The highest BCUT2D eigenvalue weighted by molar-refractivity contribution is 7.15. The molecule has 0 aromatic carbocycles. The lowest BCUT2D eigenvalue weighted by atomic mass is 10.2. The van der Waals surface area contributed by atoms with Crippen LogP contribution in [-0.2, 0) is 13.0 Å². The highest BCUT2D eigenvalue weighted by Crippen LogP contribution is 2.27. The van der Waals surface area contributed by atoms with Crippen molar-refractivity contribution in [1.29, 1.82) is 0 Å². The number of rotatable bonds is 6. The quantitative estimate of drug-likeness (QED) is 0.875. The van der Waals surface area contributed by atoms with Crippen LogP contribution in [0.5, 0.6) is 0 Å². The van der Waals surface area contributed by atoms with Crippen LogP contribution in [0.25, 0.3) is 0 Å². The Morgan fingerprint density at radius 2 is 1.95 bits per heavy atom. The van der Waals surface area contributed by atoms with Crippen molar-refractivity contribution in [2.24, 2.45) is 11.7 Å². The van der Waals surface area contributed by atoms with Crippen molar-refractivity contribution in [2.45, 2.75) is 40.2 Å². The van der Waals surface area contributed by atoms with Gasteiger partial charge in [-0.3, -0.25) is 4.90 Å². The molecule has 0 atom stereocenters. The van der Waals surface area contributed by atoms with Gasteiger partial charge in [0.25, 0.3) is 0 Å². The molecule has 1 aliphatic rings. The molecule has 5 heteroatoms. The Morgan fingerprint density at radius 3 is 2.50 bits per heavy atom. The van der Waals surface area contributed by atoms with Gasteiger partial charge in [-0.15, -0.1) is 11.3 Å². The summed E-state index contributed by atoms with van der Waals surface area (Å²) in [7, 11) is 0. The van der Waals surface area contributed by atoms with E-state index in [0.717, 1.165) is 44.9 Å². The lowest BCUT2D eigenvalue weighted by Gasteiger charge is -2.35. The van der Waals surface area contributed by atoms with Crippen molar-refractivity contribution in [3.05, 3.63) is 10.6 Å². The van der Waals surface area contributed by atoms with Gasteiger partial charge in [-0.25, -0.2) is 4.98 Å². The van der Waals surface area contributed by atoms with E-state index in [-0.39, 0.29) is 0 Å². The summed E-state index contributed by atoms with van der Waals surface area (Å²) in [5, 5.41) is 1.18. The number of nitrogens with zero attached hydrogens (tertiary/aromatic N) is 3. The minimum atomic E-state index is 0.625. The van der Waals surface area contributed by atoms with Gasteiger partial charge in [0.2, 0.25) is 0 Å². The predicted octanol–water partition coefficient (Wildman–Crippen LogP) is 2.33. The summed E-state index contributed by atoms with van der Waals surface area (Å²) in [6.07, 6.45) is 2.19. The Bertz CT molecular complexity index is 408. The first-order chi connectivity index (χ1) is 9.63. The maximum absolute atomic E-state index is 5.84. The first-order valence-corrected chi connectivity index (χ1v) is 8.61. The molecule has 0 spiro atoms. The van der Waals surface area contributed by atoms with Gasteiger partial charge in [0.1, 0.15) is 0 Å². The van der Waals surface area contributed by atoms with Crippen LogP contribution in [0, 0.1) is 5.92 Å². The molecular formula is C15H28N4S. The molecule has 0 bridgehead atoms. The third-order valence-corrected chi connectivity index (χ3v) is 4.89. The van der Waals surface area contributed by atoms with Crippen LogP contribution in [0.4, 0.5) is 5.13 Å². The van der Waals surface area contributed by atoms with E-state index in [1.165, 1.54) is 22.2 Å². The fourth-order valence-electron chi connectivity index (χ4n) is 2.73. The Balaban J connectivity index is 1.96. The van der Waals surface area contributed by atoms with E-state index in [1.807, 2.05) is 0 Å². The van der Waals surface area contributed by atoms with Gasteiger partial charge in [-0.1, -0.05) is 27.2 Å². The second kappa shape index (κ2) is 7.38. The zero-order valence-electron chi connectivity index (χ0n) is 13.1. The summed E-state index contributed by atoms with van der Waals surface area (Å²) in [6.45, 7) is 13.1. The summed E-state index contributed by atoms with van der Waals surface area (Å²) in [5.74, 6) is 0.751. The number of aryl methyl sites for hydroxylation is 1. The fraction of sp³-hybridized carbons (Fsp3) is 0.800. The Kier molecular flexibility index (Phi) is 5.81. The summed E-state index contributed by atoms with van der Waals surface area (Å²) < 4.78 is 0. The van der Waals surface area contributed by atoms with Gasteiger partial charge in [0.05, 0.1) is 5.69 Å². The molecular weight excluding hydrogens is 268 g/mol. The van der Waals surface area contributed by atoms with E-state index in [4.69, 9.17) is 10.7 Å². The largest absolute Gasteiger partial charge is 0.346 e. The van der Waals surface area contributed by atoms with Crippen LogP contribution in [0.1, 0.15) is 37.8 Å². The minimum absolute atomic E-state index is 0.625. The highest BCUT2D eigenvalue weighted by atomic mass is 32.1. The first-order valence-electron chi connectivity index (χ1n) is 7.80. The van der Waals surface area contributed by atoms with E-state index in [1.54, 1.807) is 11.3 Å². The van der Waals surface area contributed by atoms with Crippen LogP contribution in [0.15, 0.2) is 0 Å². The number of hydrogen-bond donors (Lipinski definition) is 1. The van der Waals surface area contributed by atoms with E-state index in [2.05, 4.69) is 30.6 Å². The van der Waals surface area contributed by atoms with Gasteiger partial charge in [-0.2, -0.15) is 0 Å². The number of hydrogen-bond acceptors (Lipinski definition) is 5. The summed E-state index contributed by atoms with van der Waals surface area (Å²) in [4.78, 5) is 11.1. The minimum Gasteiger partial charge on any atom is -0.346 e. The molecule has 1 aliphatic heterocycles. The molecule has 2 N–H and O–H groups in total. The SMILES string of the molecule is CCCc1nc(N2CCN(CC(C)C)CC2)sc1CN. The Labute approximate surface area is 127 Å². The maximum atomic E-state index is 5.84. The molecule has 1 fully saturated rings. The molecule has 2 heterocycles. The van der Waals surface area contributed by atoms with Crippen molar-refractivity contribution < 1.29 is 0 Å². The van der Waals surface area contributed by atoms with Gasteiger partial charge < -0.3 is 10.6 Å². The average Bonchev–Trinajstić information content (AvgIpc) is 2.82. The van der Waals surface area contributed by atoms with Crippen LogP contribution in [0.2, 0.25) is 0 Å². The maximum Gasteiger partial charge on any atom is 0.185 e. The molecule has 0 saturated carbocycles. The second-order valence-corrected chi connectivity index (χ2v) is 7.06. The van der Waals surface area contributed by atoms with Crippen molar-refractivity contribution >= 4 is 16.5 Å². The number of anilines is 1. The number of thiazole rings is 1. The summed E-state index contributed by atoms with van der Waals surface area (Å²) >= 11 is 1.79. The van der Waals surface area contributed by atoms with Crippen LogP contribution in [-0.4, -0.2) is 42.6 Å². The molecule has 0 radical (unpaired) electrons. The Morgan fingerprint density at radius 1 is 1.25 bits per heavy atom. The standard InChI is InChI=1S/C15H28N4S/c1-4-5-13-14(10-16)20-15(17-13)19-8-6-18(7-9-19)11-12(2)3/h12H,4-11,16H2,1-3H3. The molecule has 0 amide bonds. The zero-order valence-corrected chi connectivity index (χ0v) is 13.9.